The molecule has 5 aromatic carbocycles. The molecule has 0 aliphatic heterocycles. The van der Waals surface area contributed by atoms with Crippen molar-refractivity contribution >= 4 is 39.1 Å². The standard InChI is InChI=1S/C36H28N2/c1-26-25-32(38(30-13-4-2-5-14-30)31-15-6-3-7-16-31)23-24-33(26)36(28-19-21-29(37)22-20-28)35-18-10-12-27-11-8-9-17-34(27)35/h2-25,37H,1H3. The van der Waals surface area contributed by atoms with Gasteiger partial charge in [-0.15, -0.1) is 0 Å². The molecule has 0 amide bonds. The molecule has 0 bridgehead atoms. The lowest BCUT2D eigenvalue weighted by molar-refractivity contribution is 1.26. The van der Waals surface area contributed by atoms with Crippen LogP contribution in [0.15, 0.2) is 151 Å². The van der Waals surface area contributed by atoms with Crippen molar-refractivity contribution in [3.05, 3.63) is 168 Å². The SMILES string of the molecule is Cc1cc(N(c2ccccc2)c2ccccc2)ccc1C(=C1C=CC(=N)C=C1)c1cccc2ccccc12. The summed E-state index contributed by atoms with van der Waals surface area (Å²) in [6, 6.07) is 42.8. The molecule has 0 radical (unpaired) electrons. The zero-order chi connectivity index (χ0) is 25.9. The van der Waals surface area contributed by atoms with Crippen LogP contribution in [-0.2, 0) is 0 Å². The molecule has 2 heteroatoms. The molecule has 0 saturated carbocycles. The average molecular weight is 489 g/mol. The highest BCUT2D eigenvalue weighted by Gasteiger charge is 2.18. The first-order chi connectivity index (χ1) is 18.7. The van der Waals surface area contributed by atoms with Crippen molar-refractivity contribution in [2.24, 2.45) is 0 Å². The molecular formula is C36H28N2. The molecule has 1 N–H and O–H groups in total. The number of fused-ring (bicyclic) bond motifs is 1. The van der Waals surface area contributed by atoms with Crippen LogP contribution < -0.4 is 4.90 Å². The number of anilines is 3. The van der Waals surface area contributed by atoms with Gasteiger partial charge in [-0.1, -0.05) is 97.1 Å². The number of rotatable bonds is 5. The largest absolute Gasteiger partial charge is 0.310 e. The van der Waals surface area contributed by atoms with Crippen LogP contribution >= 0.6 is 0 Å². The van der Waals surface area contributed by atoms with Gasteiger partial charge in [0.25, 0.3) is 0 Å². The lowest BCUT2D eigenvalue weighted by Crippen LogP contribution is -2.10. The van der Waals surface area contributed by atoms with Gasteiger partial charge in [-0.2, -0.15) is 0 Å². The number of allylic oxidation sites excluding steroid dienone is 5. The Morgan fingerprint density at radius 3 is 1.82 bits per heavy atom. The summed E-state index contributed by atoms with van der Waals surface area (Å²) in [5.41, 5.74) is 9.72. The predicted octanol–water partition coefficient (Wildman–Crippen LogP) is 9.57. The maximum Gasteiger partial charge on any atom is 0.0540 e. The Hall–Kier alpha value is -4.95. The van der Waals surface area contributed by atoms with Crippen molar-refractivity contribution in [3.8, 4) is 0 Å². The Bertz CT molecular complexity index is 1660. The fraction of sp³-hybridized carbons (Fsp3) is 0.0278. The first-order valence-electron chi connectivity index (χ1n) is 12.9. The van der Waals surface area contributed by atoms with Crippen LogP contribution in [0.5, 0.6) is 0 Å². The van der Waals surface area contributed by atoms with Gasteiger partial charge < -0.3 is 10.3 Å². The van der Waals surface area contributed by atoms with Crippen LogP contribution in [0.25, 0.3) is 16.3 Å². The molecule has 0 atom stereocenters. The summed E-state index contributed by atoms with van der Waals surface area (Å²) in [7, 11) is 0. The minimum Gasteiger partial charge on any atom is -0.310 e. The van der Waals surface area contributed by atoms with E-state index in [0.717, 1.165) is 22.6 Å². The maximum absolute atomic E-state index is 8.04. The van der Waals surface area contributed by atoms with Gasteiger partial charge in [0.15, 0.2) is 0 Å². The van der Waals surface area contributed by atoms with Crippen molar-refractivity contribution in [1.29, 1.82) is 5.41 Å². The molecule has 182 valence electrons. The van der Waals surface area contributed by atoms with E-state index in [1.807, 2.05) is 12.2 Å². The van der Waals surface area contributed by atoms with Gasteiger partial charge in [-0.3, -0.25) is 0 Å². The second-order valence-electron chi connectivity index (χ2n) is 9.48. The van der Waals surface area contributed by atoms with Crippen LogP contribution in [0.3, 0.4) is 0 Å². The first-order valence-corrected chi connectivity index (χ1v) is 12.9. The Labute approximate surface area is 224 Å². The first kappa shape index (κ1) is 23.4. The Kier molecular flexibility index (Phi) is 6.29. The third kappa shape index (κ3) is 4.49. The van der Waals surface area contributed by atoms with Crippen molar-refractivity contribution < 1.29 is 0 Å². The molecule has 0 heterocycles. The van der Waals surface area contributed by atoms with Crippen LogP contribution in [0, 0.1) is 12.3 Å². The average Bonchev–Trinajstić information content (AvgIpc) is 2.97. The number of nitrogens with zero attached hydrogens (tertiary/aromatic N) is 1. The van der Waals surface area contributed by atoms with Crippen molar-refractivity contribution in [2.75, 3.05) is 4.90 Å². The third-order valence-electron chi connectivity index (χ3n) is 7.00. The van der Waals surface area contributed by atoms with E-state index < -0.39 is 0 Å². The number of nitrogens with one attached hydrogen (secondary N) is 1. The third-order valence-corrected chi connectivity index (χ3v) is 7.00. The molecule has 0 saturated heterocycles. The van der Waals surface area contributed by atoms with E-state index in [1.54, 1.807) is 0 Å². The molecule has 38 heavy (non-hydrogen) atoms. The van der Waals surface area contributed by atoms with Gasteiger partial charge in [0.05, 0.1) is 5.71 Å². The second-order valence-corrected chi connectivity index (χ2v) is 9.48. The lowest BCUT2D eigenvalue weighted by Gasteiger charge is -2.27. The van der Waals surface area contributed by atoms with Gasteiger partial charge in [0.2, 0.25) is 0 Å². The number of hydrogen-bond donors (Lipinski definition) is 1. The van der Waals surface area contributed by atoms with Gasteiger partial charge in [0.1, 0.15) is 0 Å². The van der Waals surface area contributed by atoms with Crippen LogP contribution in [0.2, 0.25) is 0 Å². The number of hydrogen-bond acceptors (Lipinski definition) is 2. The van der Waals surface area contributed by atoms with Crippen molar-refractivity contribution in [2.45, 2.75) is 6.92 Å². The number of para-hydroxylation sites is 2. The van der Waals surface area contributed by atoms with Crippen LogP contribution in [0.4, 0.5) is 17.1 Å². The monoisotopic (exact) mass is 488 g/mol. The molecular weight excluding hydrogens is 460 g/mol. The molecule has 1 aliphatic rings. The fourth-order valence-corrected chi connectivity index (χ4v) is 5.21. The van der Waals surface area contributed by atoms with Crippen LogP contribution in [-0.4, -0.2) is 5.71 Å². The highest BCUT2D eigenvalue weighted by atomic mass is 15.1. The predicted molar refractivity (Wildman–Crippen MR) is 162 cm³/mol. The minimum absolute atomic E-state index is 0.513. The molecule has 5 aromatic rings. The molecule has 0 spiro atoms. The topological polar surface area (TPSA) is 27.1 Å². The van der Waals surface area contributed by atoms with E-state index >= 15 is 0 Å². The highest BCUT2D eigenvalue weighted by Crippen LogP contribution is 2.39. The molecule has 6 rings (SSSR count). The van der Waals surface area contributed by atoms with Crippen LogP contribution in [0.1, 0.15) is 16.7 Å². The van der Waals surface area contributed by atoms with Crippen molar-refractivity contribution in [3.63, 3.8) is 0 Å². The molecule has 2 nitrogen and oxygen atoms in total. The van der Waals surface area contributed by atoms with E-state index in [0.29, 0.717) is 5.71 Å². The van der Waals surface area contributed by atoms with E-state index in [1.165, 1.54) is 33.0 Å². The van der Waals surface area contributed by atoms with Gasteiger partial charge in [-0.25, -0.2) is 0 Å². The summed E-state index contributed by atoms with van der Waals surface area (Å²) < 4.78 is 0. The van der Waals surface area contributed by atoms with E-state index in [9.17, 15) is 0 Å². The number of aryl methyl sites for hydroxylation is 1. The quantitative estimate of drug-likeness (QED) is 0.262. The lowest BCUT2D eigenvalue weighted by atomic mass is 9.86. The molecule has 0 aromatic heterocycles. The highest BCUT2D eigenvalue weighted by molar-refractivity contribution is 6.06. The Morgan fingerprint density at radius 1 is 0.553 bits per heavy atom. The normalized spacial score (nSPS) is 12.7. The smallest absolute Gasteiger partial charge is 0.0540 e. The molecule has 0 fully saturated rings. The molecule has 1 aliphatic carbocycles. The Balaban J connectivity index is 1.54. The zero-order valence-electron chi connectivity index (χ0n) is 21.3. The summed E-state index contributed by atoms with van der Waals surface area (Å²) >= 11 is 0. The summed E-state index contributed by atoms with van der Waals surface area (Å²) in [4.78, 5) is 2.29. The second kappa shape index (κ2) is 10.2. The van der Waals surface area contributed by atoms with Gasteiger partial charge in [-0.05, 0) is 94.1 Å². The van der Waals surface area contributed by atoms with E-state index in [-0.39, 0.29) is 0 Å². The Morgan fingerprint density at radius 2 is 1.16 bits per heavy atom. The maximum atomic E-state index is 8.04. The van der Waals surface area contributed by atoms with E-state index in [4.69, 9.17) is 5.41 Å². The summed E-state index contributed by atoms with van der Waals surface area (Å²) in [6.07, 6.45) is 7.87. The summed E-state index contributed by atoms with van der Waals surface area (Å²) in [5.74, 6) is 0. The van der Waals surface area contributed by atoms with Gasteiger partial charge >= 0.3 is 0 Å². The van der Waals surface area contributed by atoms with Gasteiger partial charge in [0, 0.05) is 17.1 Å². The molecule has 0 unspecified atom stereocenters. The minimum atomic E-state index is 0.513. The zero-order valence-corrected chi connectivity index (χ0v) is 21.3. The fourth-order valence-electron chi connectivity index (χ4n) is 5.21. The number of benzene rings is 5. The van der Waals surface area contributed by atoms with E-state index in [2.05, 4.69) is 145 Å². The van der Waals surface area contributed by atoms with Crippen molar-refractivity contribution in [1.82, 2.24) is 0 Å². The summed E-state index contributed by atoms with van der Waals surface area (Å²) in [5, 5.41) is 10.5. The summed E-state index contributed by atoms with van der Waals surface area (Å²) in [6.45, 7) is 2.19.